The minimum absolute atomic E-state index is 0.431. The molecule has 0 bridgehead atoms. The second-order valence-electron chi connectivity index (χ2n) is 2.47. The molecule has 0 fully saturated rings. The minimum Gasteiger partial charge on any atom is -0.476 e. The number of hydrogen-bond acceptors (Lipinski definition) is 3. The summed E-state index contributed by atoms with van der Waals surface area (Å²) in [7, 11) is 0. The van der Waals surface area contributed by atoms with Crippen LogP contribution in [0.3, 0.4) is 0 Å². The fraction of sp³-hybridized carbons (Fsp3) is 0.125. The summed E-state index contributed by atoms with van der Waals surface area (Å²) in [6.45, 7) is 0. The number of rotatable bonds is 2. The average Bonchev–Trinajstić information content (AvgIpc) is 2.15. The molecule has 0 saturated heterocycles. The molecule has 0 unspecified atom stereocenters. The van der Waals surface area contributed by atoms with Gasteiger partial charge in [-0.3, -0.25) is 0 Å². The number of hydrogen-bond donors (Lipinski definition) is 1. The number of nitrogens with zero attached hydrogens (tertiary/aromatic N) is 2. The van der Waals surface area contributed by atoms with Crippen LogP contribution in [-0.2, 0) is 0 Å². The zero-order valence-electron chi connectivity index (χ0n) is 7.04. The number of alkyl halides is 2. The summed E-state index contributed by atoms with van der Waals surface area (Å²) < 4.78 is 24.9. The fourth-order valence-electron chi connectivity index (χ4n) is 0.953. The molecule has 15 heavy (non-hydrogen) atoms. The summed E-state index contributed by atoms with van der Waals surface area (Å²) in [5, 5.41) is 16.4. The Morgan fingerprint density at radius 3 is 2.67 bits per heavy atom. The molecule has 0 saturated carbocycles. The van der Waals surface area contributed by atoms with Gasteiger partial charge in [0.1, 0.15) is 6.07 Å². The van der Waals surface area contributed by atoms with Crippen LogP contribution in [0.1, 0.15) is 28.0 Å². The molecule has 0 aliphatic rings. The highest BCUT2D eigenvalue weighted by Crippen LogP contribution is 2.31. The van der Waals surface area contributed by atoms with Gasteiger partial charge in [0.15, 0.2) is 5.69 Å². The van der Waals surface area contributed by atoms with E-state index < -0.39 is 34.2 Å². The van der Waals surface area contributed by atoms with Crippen LogP contribution in [0.15, 0.2) is 6.20 Å². The zero-order valence-corrected chi connectivity index (χ0v) is 7.79. The summed E-state index contributed by atoms with van der Waals surface area (Å²) >= 11 is 5.41. The van der Waals surface area contributed by atoms with E-state index in [0.717, 1.165) is 6.20 Å². The molecule has 1 N–H and O–H groups in total. The first-order valence-electron chi connectivity index (χ1n) is 3.59. The van der Waals surface area contributed by atoms with Gasteiger partial charge >= 0.3 is 5.97 Å². The number of aromatic nitrogens is 1. The highest BCUT2D eigenvalue weighted by Gasteiger charge is 2.23. The van der Waals surface area contributed by atoms with Crippen LogP contribution in [0.5, 0.6) is 0 Å². The largest absolute Gasteiger partial charge is 0.476 e. The zero-order chi connectivity index (χ0) is 11.6. The molecule has 1 rings (SSSR count). The van der Waals surface area contributed by atoms with E-state index in [1.807, 2.05) is 0 Å². The molecule has 78 valence electrons. The second-order valence-corrected chi connectivity index (χ2v) is 2.84. The number of nitriles is 1. The van der Waals surface area contributed by atoms with Gasteiger partial charge in [0.05, 0.1) is 16.1 Å². The molecule has 0 spiro atoms. The third kappa shape index (κ3) is 2.02. The van der Waals surface area contributed by atoms with E-state index in [0.29, 0.717) is 0 Å². The Morgan fingerprint density at radius 2 is 2.27 bits per heavy atom. The van der Waals surface area contributed by atoms with E-state index in [1.54, 1.807) is 0 Å². The summed E-state index contributed by atoms with van der Waals surface area (Å²) in [6.07, 6.45) is -2.26. The fourth-order valence-corrected chi connectivity index (χ4v) is 1.27. The molecule has 0 amide bonds. The lowest BCUT2D eigenvalue weighted by Gasteiger charge is -2.06. The van der Waals surface area contributed by atoms with E-state index in [2.05, 4.69) is 4.98 Å². The van der Waals surface area contributed by atoms with Crippen molar-refractivity contribution in [2.75, 3.05) is 0 Å². The van der Waals surface area contributed by atoms with Crippen LogP contribution in [0, 0.1) is 11.3 Å². The predicted octanol–water partition coefficient (Wildman–Crippen LogP) is 2.24. The van der Waals surface area contributed by atoms with Crippen LogP contribution in [0.2, 0.25) is 5.02 Å². The molecule has 0 radical (unpaired) electrons. The number of carbonyl (C=O) groups is 1. The molecule has 0 aliphatic carbocycles. The molecule has 1 aromatic rings. The summed E-state index contributed by atoms with van der Waals surface area (Å²) in [5.41, 5.74) is -1.92. The highest BCUT2D eigenvalue weighted by molar-refractivity contribution is 6.34. The summed E-state index contributed by atoms with van der Waals surface area (Å²) in [4.78, 5) is 13.8. The smallest absolute Gasteiger partial charge is 0.356 e. The molecule has 0 aliphatic heterocycles. The van der Waals surface area contributed by atoms with Gasteiger partial charge in [-0.2, -0.15) is 5.26 Å². The van der Waals surface area contributed by atoms with Gasteiger partial charge in [-0.1, -0.05) is 11.6 Å². The quantitative estimate of drug-likeness (QED) is 0.849. The second kappa shape index (κ2) is 4.19. The summed E-state index contributed by atoms with van der Waals surface area (Å²) in [6, 6.07) is 1.46. The van der Waals surface area contributed by atoms with Crippen molar-refractivity contribution < 1.29 is 18.7 Å². The van der Waals surface area contributed by atoms with Crippen LogP contribution in [0.25, 0.3) is 0 Å². The Morgan fingerprint density at radius 1 is 1.67 bits per heavy atom. The van der Waals surface area contributed by atoms with Crippen molar-refractivity contribution in [2.45, 2.75) is 6.43 Å². The number of pyridine rings is 1. The highest BCUT2D eigenvalue weighted by atomic mass is 35.5. The maximum atomic E-state index is 12.5. The maximum Gasteiger partial charge on any atom is 0.356 e. The molecular formula is C8H3ClF2N2O2. The first-order chi connectivity index (χ1) is 6.99. The Labute approximate surface area is 87.7 Å². The minimum atomic E-state index is -3.02. The van der Waals surface area contributed by atoms with Gasteiger partial charge in [0.25, 0.3) is 6.43 Å². The first kappa shape index (κ1) is 11.3. The normalized spacial score (nSPS) is 10.1. The molecular weight excluding hydrogens is 230 g/mol. The monoisotopic (exact) mass is 232 g/mol. The Balaban J connectivity index is 3.51. The SMILES string of the molecule is N#Cc1cnc(C(=O)O)c(Cl)c1C(F)F. The van der Waals surface area contributed by atoms with Gasteiger partial charge in [-0.25, -0.2) is 18.6 Å². The molecule has 1 aromatic heterocycles. The van der Waals surface area contributed by atoms with Gasteiger partial charge in [-0.05, 0) is 0 Å². The predicted molar refractivity (Wildman–Crippen MR) is 45.9 cm³/mol. The average molecular weight is 233 g/mol. The molecule has 1 heterocycles. The Hall–Kier alpha value is -1.74. The van der Waals surface area contributed by atoms with E-state index in [-0.39, 0.29) is 0 Å². The van der Waals surface area contributed by atoms with Crippen LogP contribution in [-0.4, -0.2) is 16.1 Å². The Bertz CT molecular complexity index is 457. The lowest BCUT2D eigenvalue weighted by molar-refractivity contribution is 0.0690. The van der Waals surface area contributed by atoms with Crippen LogP contribution in [0.4, 0.5) is 8.78 Å². The van der Waals surface area contributed by atoms with Crippen molar-refractivity contribution in [1.82, 2.24) is 4.98 Å². The van der Waals surface area contributed by atoms with Crippen molar-refractivity contribution >= 4 is 17.6 Å². The number of halogens is 3. The van der Waals surface area contributed by atoms with Crippen molar-refractivity contribution in [2.24, 2.45) is 0 Å². The van der Waals surface area contributed by atoms with Gasteiger partial charge < -0.3 is 5.11 Å². The van der Waals surface area contributed by atoms with Crippen molar-refractivity contribution in [3.05, 3.63) is 28.0 Å². The lowest BCUT2D eigenvalue weighted by Crippen LogP contribution is -2.05. The Kier molecular flexibility index (Phi) is 3.17. The van der Waals surface area contributed by atoms with E-state index >= 15 is 0 Å². The third-order valence-electron chi connectivity index (χ3n) is 1.60. The van der Waals surface area contributed by atoms with Crippen molar-refractivity contribution in [1.29, 1.82) is 5.26 Å². The van der Waals surface area contributed by atoms with Gasteiger partial charge in [0, 0.05) is 6.20 Å². The van der Waals surface area contributed by atoms with Crippen LogP contribution >= 0.6 is 11.6 Å². The number of carboxylic acid groups (broad SMARTS) is 1. The van der Waals surface area contributed by atoms with Crippen molar-refractivity contribution in [3.8, 4) is 6.07 Å². The molecule has 7 heteroatoms. The van der Waals surface area contributed by atoms with Crippen molar-refractivity contribution in [3.63, 3.8) is 0 Å². The molecule has 0 atom stereocenters. The van der Waals surface area contributed by atoms with E-state index in [1.165, 1.54) is 6.07 Å². The van der Waals surface area contributed by atoms with E-state index in [9.17, 15) is 13.6 Å². The topological polar surface area (TPSA) is 74.0 Å². The van der Waals surface area contributed by atoms with E-state index in [4.69, 9.17) is 22.0 Å². The standard InChI is InChI=1S/C8H3ClF2N2O2/c9-5-4(7(10)11)3(1-12)2-13-6(5)8(14)15/h2,7H,(H,14,15). The van der Waals surface area contributed by atoms with Crippen LogP contribution < -0.4 is 0 Å². The van der Waals surface area contributed by atoms with Gasteiger partial charge in [0.2, 0.25) is 0 Å². The maximum absolute atomic E-state index is 12.5. The third-order valence-corrected chi connectivity index (χ3v) is 1.98. The van der Waals surface area contributed by atoms with Gasteiger partial charge in [-0.15, -0.1) is 0 Å². The molecule has 4 nitrogen and oxygen atoms in total. The first-order valence-corrected chi connectivity index (χ1v) is 3.96. The molecule has 0 aromatic carbocycles. The number of carboxylic acids is 1. The number of aromatic carboxylic acids is 1. The lowest BCUT2D eigenvalue weighted by atomic mass is 10.1. The summed E-state index contributed by atoms with van der Waals surface area (Å²) in [5.74, 6) is -1.52.